The summed E-state index contributed by atoms with van der Waals surface area (Å²) in [6.45, 7) is 5.44. The molecule has 150 valence electrons. The number of hydrogen-bond acceptors (Lipinski definition) is 4. The topological polar surface area (TPSA) is 104 Å². The highest BCUT2D eigenvalue weighted by atomic mass is 16.2. The molecule has 4 rings (SSSR count). The van der Waals surface area contributed by atoms with E-state index in [1.807, 2.05) is 4.90 Å². The third-order valence-electron chi connectivity index (χ3n) is 5.65. The Morgan fingerprint density at radius 2 is 2.03 bits per heavy atom. The Labute approximate surface area is 169 Å². The summed E-state index contributed by atoms with van der Waals surface area (Å²) < 4.78 is 0. The highest BCUT2D eigenvalue weighted by Gasteiger charge is 2.35. The largest absolute Gasteiger partial charge is 0.345 e. The van der Waals surface area contributed by atoms with Crippen molar-refractivity contribution >= 4 is 28.5 Å². The molecule has 1 atom stereocenters. The molecule has 4 N–H and O–H groups in total. The molecule has 2 amide bonds. The number of fused-ring (bicyclic) bond motifs is 1. The maximum Gasteiger partial charge on any atom is 0.255 e. The van der Waals surface area contributed by atoms with Crippen molar-refractivity contribution in [3.05, 3.63) is 59.9 Å². The molecule has 7 heteroatoms. The van der Waals surface area contributed by atoms with E-state index in [4.69, 9.17) is 5.73 Å². The van der Waals surface area contributed by atoms with Crippen molar-refractivity contribution in [3.63, 3.8) is 0 Å². The summed E-state index contributed by atoms with van der Waals surface area (Å²) >= 11 is 0. The van der Waals surface area contributed by atoms with E-state index in [1.165, 1.54) is 0 Å². The van der Waals surface area contributed by atoms with Gasteiger partial charge in [-0.15, -0.1) is 0 Å². The van der Waals surface area contributed by atoms with Gasteiger partial charge in [-0.25, -0.2) is 4.98 Å². The van der Waals surface area contributed by atoms with Gasteiger partial charge in [-0.1, -0.05) is 19.9 Å². The molecule has 1 aliphatic rings. The van der Waals surface area contributed by atoms with Gasteiger partial charge in [-0.3, -0.25) is 9.59 Å². The van der Waals surface area contributed by atoms with Crippen LogP contribution in [0.4, 0.5) is 5.69 Å². The standard InChI is InChI=1S/C22H25N5O2/c1-22(2)12-27(9-8-19(22)23)21(29)15-4-3-5-16(10-15)26-20(28)14-6-7-17-18(11-14)25-13-24-17/h3-7,10-11,13,19H,8-9,12,23H2,1-2H3,(H,24,25)(H,26,28). The summed E-state index contributed by atoms with van der Waals surface area (Å²) in [7, 11) is 0. The fraction of sp³-hybridized carbons (Fsp3) is 0.318. The van der Waals surface area contributed by atoms with Gasteiger partial charge in [0.1, 0.15) is 0 Å². The second kappa shape index (κ2) is 7.33. The summed E-state index contributed by atoms with van der Waals surface area (Å²) in [6.07, 6.45) is 2.38. The maximum absolute atomic E-state index is 13.0. The Kier molecular flexibility index (Phi) is 4.84. The van der Waals surface area contributed by atoms with E-state index in [-0.39, 0.29) is 23.3 Å². The van der Waals surface area contributed by atoms with Crippen LogP contribution in [0.25, 0.3) is 11.0 Å². The number of hydrogen-bond donors (Lipinski definition) is 3. The van der Waals surface area contributed by atoms with Crippen LogP contribution in [0.15, 0.2) is 48.8 Å². The second-order valence-corrected chi connectivity index (χ2v) is 8.28. The van der Waals surface area contributed by atoms with Crippen LogP contribution < -0.4 is 11.1 Å². The molecule has 2 heterocycles. The first-order valence-corrected chi connectivity index (χ1v) is 9.73. The molecule has 3 aromatic rings. The monoisotopic (exact) mass is 391 g/mol. The molecular formula is C22H25N5O2. The average Bonchev–Trinajstić information content (AvgIpc) is 3.17. The minimum Gasteiger partial charge on any atom is -0.345 e. The Morgan fingerprint density at radius 3 is 2.83 bits per heavy atom. The van der Waals surface area contributed by atoms with Gasteiger partial charge in [-0.05, 0) is 48.2 Å². The Bertz CT molecular complexity index is 1070. The highest BCUT2D eigenvalue weighted by Crippen LogP contribution is 2.29. The van der Waals surface area contributed by atoms with Crippen LogP contribution in [0.5, 0.6) is 0 Å². The number of aromatic nitrogens is 2. The molecule has 0 saturated carbocycles. The number of aromatic amines is 1. The van der Waals surface area contributed by atoms with Gasteiger partial charge in [0.2, 0.25) is 0 Å². The molecule has 0 spiro atoms. The first-order valence-electron chi connectivity index (χ1n) is 9.73. The zero-order valence-corrected chi connectivity index (χ0v) is 16.6. The molecule has 1 saturated heterocycles. The predicted molar refractivity (Wildman–Crippen MR) is 113 cm³/mol. The molecule has 1 aliphatic heterocycles. The van der Waals surface area contributed by atoms with E-state index < -0.39 is 0 Å². The number of nitrogens with zero attached hydrogens (tertiary/aromatic N) is 2. The minimum atomic E-state index is -0.240. The number of piperidine rings is 1. The molecule has 29 heavy (non-hydrogen) atoms. The second-order valence-electron chi connectivity index (χ2n) is 8.28. The van der Waals surface area contributed by atoms with Crippen molar-refractivity contribution in [2.24, 2.45) is 11.1 Å². The molecular weight excluding hydrogens is 366 g/mol. The van der Waals surface area contributed by atoms with Gasteiger partial charge in [-0.2, -0.15) is 0 Å². The fourth-order valence-electron chi connectivity index (χ4n) is 3.74. The van der Waals surface area contributed by atoms with Crippen molar-refractivity contribution < 1.29 is 9.59 Å². The van der Waals surface area contributed by atoms with Gasteiger partial charge in [0, 0.05) is 35.9 Å². The van der Waals surface area contributed by atoms with E-state index in [2.05, 4.69) is 29.1 Å². The van der Waals surface area contributed by atoms with Crippen molar-refractivity contribution in [3.8, 4) is 0 Å². The first-order chi connectivity index (χ1) is 13.8. The van der Waals surface area contributed by atoms with Gasteiger partial charge >= 0.3 is 0 Å². The Hall–Kier alpha value is -3.19. The van der Waals surface area contributed by atoms with Crippen molar-refractivity contribution in [1.29, 1.82) is 0 Å². The molecule has 2 aromatic carbocycles. The molecule has 0 bridgehead atoms. The number of carbonyl (C=O) groups excluding carboxylic acids is 2. The van der Waals surface area contributed by atoms with Crippen LogP contribution in [0.2, 0.25) is 0 Å². The van der Waals surface area contributed by atoms with Crippen LogP contribution in [0.3, 0.4) is 0 Å². The average molecular weight is 391 g/mol. The minimum absolute atomic E-state index is 0.0417. The zero-order chi connectivity index (χ0) is 20.6. The molecule has 0 aliphatic carbocycles. The lowest BCUT2D eigenvalue weighted by molar-refractivity contribution is 0.0533. The van der Waals surface area contributed by atoms with Crippen molar-refractivity contribution in [2.45, 2.75) is 26.3 Å². The lowest BCUT2D eigenvalue weighted by atomic mass is 9.79. The highest BCUT2D eigenvalue weighted by molar-refractivity contribution is 6.06. The molecule has 1 aromatic heterocycles. The van der Waals surface area contributed by atoms with Gasteiger partial charge in [0.05, 0.1) is 17.4 Å². The fourth-order valence-corrected chi connectivity index (χ4v) is 3.74. The van der Waals surface area contributed by atoms with E-state index in [0.29, 0.717) is 29.9 Å². The van der Waals surface area contributed by atoms with Crippen molar-refractivity contribution in [1.82, 2.24) is 14.9 Å². The molecule has 1 fully saturated rings. The van der Waals surface area contributed by atoms with Crippen LogP contribution >= 0.6 is 0 Å². The van der Waals surface area contributed by atoms with E-state index in [1.54, 1.807) is 48.8 Å². The smallest absolute Gasteiger partial charge is 0.255 e. The number of carbonyl (C=O) groups is 2. The summed E-state index contributed by atoms with van der Waals surface area (Å²) in [5, 5.41) is 2.87. The maximum atomic E-state index is 13.0. The van der Waals surface area contributed by atoms with E-state index >= 15 is 0 Å². The number of rotatable bonds is 3. The third-order valence-corrected chi connectivity index (χ3v) is 5.65. The number of anilines is 1. The number of nitrogens with one attached hydrogen (secondary N) is 2. The molecule has 0 radical (unpaired) electrons. The first kappa shape index (κ1) is 19.1. The van der Waals surface area contributed by atoms with Crippen LogP contribution in [-0.4, -0.2) is 45.8 Å². The number of likely N-dealkylation sites (tertiary alicyclic amines) is 1. The number of H-pyrrole nitrogens is 1. The summed E-state index contributed by atoms with van der Waals surface area (Å²) in [5.74, 6) is -0.281. The lowest BCUT2D eigenvalue weighted by Gasteiger charge is -2.42. The number of amides is 2. The Balaban J connectivity index is 1.49. The van der Waals surface area contributed by atoms with Gasteiger partial charge < -0.3 is 20.9 Å². The Morgan fingerprint density at radius 1 is 1.21 bits per heavy atom. The van der Waals surface area contributed by atoms with Crippen molar-refractivity contribution in [2.75, 3.05) is 18.4 Å². The number of nitrogens with two attached hydrogens (primary N) is 1. The van der Waals surface area contributed by atoms with Gasteiger partial charge in [0.25, 0.3) is 11.8 Å². The third kappa shape index (κ3) is 3.86. The zero-order valence-electron chi connectivity index (χ0n) is 16.6. The van der Waals surface area contributed by atoms with E-state index in [0.717, 1.165) is 17.5 Å². The number of imidazole rings is 1. The quantitative estimate of drug-likeness (QED) is 0.638. The van der Waals surface area contributed by atoms with Gasteiger partial charge in [0.15, 0.2) is 0 Å². The lowest BCUT2D eigenvalue weighted by Crippen LogP contribution is -2.54. The molecule has 7 nitrogen and oxygen atoms in total. The van der Waals surface area contributed by atoms with Crippen LogP contribution in [0.1, 0.15) is 41.0 Å². The normalized spacial score (nSPS) is 18.6. The predicted octanol–water partition coefficient (Wildman–Crippen LogP) is 3.01. The molecule has 1 unspecified atom stereocenters. The van der Waals surface area contributed by atoms with Crippen LogP contribution in [-0.2, 0) is 0 Å². The summed E-state index contributed by atoms with van der Waals surface area (Å²) in [5.41, 5.74) is 9.32. The SMILES string of the molecule is CC1(C)CN(C(=O)c2cccc(NC(=O)c3ccc4nc[nH]c4c3)c2)CCC1N. The van der Waals surface area contributed by atoms with Crippen LogP contribution in [0, 0.1) is 5.41 Å². The summed E-state index contributed by atoms with van der Waals surface area (Å²) in [6, 6.07) is 12.4. The number of benzene rings is 2. The van der Waals surface area contributed by atoms with E-state index in [9.17, 15) is 9.59 Å². The summed E-state index contributed by atoms with van der Waals surface area (Å²) in [4.78, 5) is 34.6.